The minimum Gasteiger partial charge on any atom is -0.303 e. The van der Waals surface area contributed by atoms with Gasteiger partial charge in [-0.05, 0) is 19.8 Å². The van der Waals surface area contributed by atoms with Crippen LogP contribution >= 0.6 is 0 Å². The predicted molar refractivity (Wildman–Crippen MR) is 39.3 cm³/mol. The van der Waals surface area contributed by atoms with Crippen LogP contribution in [0.5, 0.6) is 0 Å². The number of rotatable bonds is 4. The summed E-state index contributed by atoms with van der Waals surface area (Å²) in [6.07, 6.45) is 7.10. The van der Waals surface area contributed by atoms with Crippen LogP contribution in [0, 0.1) is 5.92 Å². The van der Waals surface area contributed by atoms with E-state index in [1.165, 1.54) is 0 Å². The maximum atomic E-state index is 10.1. The van der Waals surface area contributed by atoms with E-state index >= 15 is 0 Å². The summed E-state index contributed by atoms with van der Waals surface area (Å²) in [6.45, 7) is 3.93. The second-order valence-electron chi connectivity index (χ2n) is 2.26. The molecule has 0 amide bonds. The Morgan fingerprint density at radius 3 is 2.67 bits per heavy atom. The lowest BCUT2D eigenvalue weighted by molar-refractivity contribution is -0.110. The van der Waals surface area contributed by atoms with Crippen molar-refractivity contribution in [1.29, 1.82) is 0 Å². The molecular formula is C8H14O. The van der Waals surface area contributed by atoms with Crippen LogP contribution in [0.1, 0.15) is 26.7 Å². The fourth-order valence-electron chi connectivity index (χ4n) is 0.594. The average Bonchev–Trinajstić information content (AvgIpc) is 1.89. The first kappa shape index (κ1) is 8.41. The van der Waals surface area contributed by atoms with E-state index in [1.54, 1.807) is 0 Å². The van der Waals surface area contributed by atoms with Crippen molar-refractivity contribution < 1.29 is 4.79 Å². The van der Waals surface area contributed by atoms with Gasteiger partial charge in [0.1, 0.15) is 6.29 Å². The zero-order chi connectivity index (χ0) is 7.11. The third-order valence-corrected chi connectivity index (χ3v) is 1.26. The summed E-state index contributed by atoms with van der Waals surface area (Å²) < 4.78 is 0. The van der Waals surface area contributed by atoms with Gasteiger partial charge in [0.2, 0.25) is 0 Å². The molecule has 0 saturated carbocycles. The quantitative estimate of drug-likeness (QED) is 0.417. The molecule has 0 N–H and O–H groups in total. The number of hydrogen-bond donors (Lipinski definition) is 0. The lowest BCUT2D eigenvalue weighted by Crippen LogP contribution is -1.93. The van der Waals surface area contributed by atoms with Crippen molar-refractivity contribution in [2.75, 3.05) is 0 Å². The van der Waals surface area contributed by atoms with Crippen molar-refractivity contribution in [2.45, 2.75) is 26.7 Å². The normalized spacial score (nSPS) is 14.0. The minimum absolute atomic E-state index is 0.223. The van der Waals surface area contributed by atoms with Crippen LogP contribution in [0.15, 0.2) is 12.2 Å². The van der Waals surface area contributed by atoms with E-state index < -0.39 is 0 Å². The van der Waals surface area contributed by atoms with Crippen molar-refractivity contribution in [1.82, 2.24) is 0 Å². The molecule has 0 bridgehead atoms. The van der Waals surface area contributed by atoms with Gasteiger partial charge in [0, 0.05) is 5.92 Å². The molecule has 0 aromatic heterocycles. The fraction of sp³-hybridized carbons (Fsp3) is 0.625. The van der Waals surface area contributed by atoms with Crippen molar-refractivity contribution >= 4 is 6.29 Å². The number of allylic oxidation sites excluding steroid dienone is 2. The smallest absolute Gasteiger partial charge is 0.122 e. The van der Waals surface area contributed by atoms with Gasteiger partial charge in [0.25, 0.3) is 0 Å². The molecule has 1 heteroatoms. The van der Waals surface area contributed by atoms with E-state index in [0.29, 0.717) is 0 Å². The molecule has 0 aromatic carbocycles. The molecule has 0 radical (unpaired) electrons. The van der Waals surface area contributed by atoms with Crippen LogP contribution < -0.4 is 0 Å². The zero-order valence-corrected chi connectivity index (χ0v) is 6.13. The molecule has 9 heavy (non-hydrogen) atoms. The molecule has 1 atom stereocenters. The monoisotopic (exact) mass is 126 g/mol. The first-order chi connectivity index (χ1) is 4.31. The van der Waals surface area contributed by atoms with Crippen molar-refractivity contribution in [2.24, 2.45) is 5.92 Å². The van der Waals surface area contributed by atoms with E-state index in [-0.39, 0.29) is 5.92 Å². The summed E-state index contributed by atoms with van der Waals surface area (Å²) in [5.74, 6) is 0.223. The summed E-state index contributed by atoms with van der Waals surface area (Å²) in [5.41, 5.74) is 0. The topological polar surface area (TPSA) is 17.1 Å². The summed E-state index contributed by atoms with van der Waals surface area (Å²) in [7, 11) is 0. The van der Waals surface area contributed by atoms with Gasteiger partial charge in [-0.3, -0.25) is 0 Å². The van der Waals surface area contributed by atoms with E-state index in [0.717, 1.165) is 19.1 Å². The molecular weight excluding hydrogens is 112 g/mol. The first-order valence-corrected chi connectivity index (χ1v) is 3.37. The molecule has 0 rings (SSSR count). The van der Waals surface area contributed by atoms with Crippen molar-refractivity contribution in [3.63, 3.8) is 0 Å². The first-order valence-electron chi connectivity index (χ1n) is 3.37. The number of carbonyl (C=O) groups is 1. The van der Waals surface area contributed by atoms with Crippen LogP contribution in [0.25, 0.3) is 0 Å². The third-order valence-electron chi connectivity index (χ3n) is 1.26. The van der Waals surface area contributed by atoms with Gasteiger partial charge in [-0.1, -0.05) is 19.1 Å². The molecule has 0 saturated heterocycles. The SMILES string of the molecule is C/C=C/CCC(C)C=O. The van der Waals surface area contributed by atoms with Crippen LogP contribution in [-0.4, -0.2) is 6.29 Å². The predicted octanol–water partition coefficient (Wildman–Crippen LogP) is 2.18. The van der Waals surface area contributed by atoms with E-state index in [1.807, 2.05) is 19.9 Å². The highest BCUT2D eigenvalue weighted by Gasteiger charge is 1.94. The van der Waals surface area contributed by atoms with E-state index in [2.05, 4.69) is 6.08 Å². The van der Waals surface area contributed by atoms with Gasteiger partial charge in [-0.15, -0.1) is 0 Å². The van der Waals surface area contributed by atoms with E-state index in [4.69, 9.17) is 0 Å². The van der Waals surface area contributed by atoms with E-state index in [9.17, 15) is 4.79 Å². The highest BCUT2D eigenvalue weighted by molar-refractivity contribution is 5.52. The zero-order valence-electron chi connectivity index (χ0n) is 6.13. The van der Waals surface area contributed by atoms with Crippen LogP contribution in [0.4, 0.5) is 0 Å². The van der Waals surface area contributed by atoms with Crippen LogP contribution in [0.3, 0.4) is 0 Å². The standard InChI is InChI=1S/C8H14O/c1-3-4-5-6-8(2)7-9/h3-4,7-8H,5-6H2,1-2H3/b4-3+. The summed E-state index contributed by atoms with van der Waals surface area (Å²) in [6, 6.07) is 0. The molecule has 1 nitrogen and oxygen atoms in total. The minimum atomic E-state index is 0.223. The molecule has 0 fully saturated rings. The van der Waals surface area contributed by atoms with Gasteiger partial charge < -0.3 is 4.79 Å². The summed E-state index contributed by atoms with van der Waals surface area (Å²) in [5, 5.41) is 0. The van der Waals surface area contributed by atoms with Crippen molar-refractivity contribution in [3.05, 3.63) is 12.2 Å². The Morgan fingerprint density at radius 1 is 1.56 bits per heavy atom. The van der Waals surface area contributed by atoms with Gasteiger partial charge in [0.05, 0.1) is 0 Å². The highest BCUT2D eigenvalue weighted by atomic mass is 16.1. The van der Waals surface area contributed by atoms with Gasteiger partial charge in [0.15, 0.2) is 0 Å². The second kappa shape index (κ2) is 5.54. The lowest BCUT2D eigenvalue weighted by atomic mass is 10.1. The molecule has 0 aliphatic carbocycles. The Labute approximate surface area is 56.8 Å². The van der Waals surface area contributed by atoms with Gasteiger partial charge in [-0.2, -0.15) is 0 Å². The Kier molecular flexibility index (Phi) is 5.18. The largest absolute Gasteiger partial charge is 0.303 e. The number of hydrogen-bond acceptors (Lipinski definition) is 1. The van der Waals surface area contributed by atoms with Crippen LogP contribution in [0.2, 0.25) is 0 Å². The highest BCUT2D eigenvalue weighted by Crippen LogP contribution is 2.01. The Bertz CT molecular complexity index is 94.7. The average molecular weight is 126 g/mol. The molecule has 0 aliphatic heterocycles. The number of carbonyl (C=O) groups excluding carboxylic acids is 1. The molecule has 0 aliphatic rings. The van der Waals surface area contributed by atoms with Crippen molar-refractivity contribution in [3.8, 4) is 0 Å². The molecule has 0 spiro atoms. The van der Waals surface area contributed by atoms with Gasteiger partial charge in [-0.25, -0.2) is 0 Å². The molecule has 52 valence electrons. The Hall–Kier alpha value is -0.590. The third kappa shape index (κ3) is 5.28. The Morgan fingerprint density at radius 2 is 2.22 bits per heavy atom. The fourth-order valence-corrected chi connectivity index (χ4v) is 0.594. The lowest BCUT2D eigenvalue weighted by Gasteiger charge is -1.96. The molecule has 1 unspecified atom stereocenters. The Balaban J connectivity index is 3.16. The number of aldehydes is 1. The maximum absolute atomic E-state index is 10.1. The van der Waals surface area contributed by atoms with Gasteiger partial charge >= 0.3 is 0 Å². The van der Waals surface area contributed by atoms with Crippen LogP contribution in [-0.2, 0) is 4.79 Å². The molecule has 0 aromatic rings. The summed E-state index contributed by atoms with van der Waals surface area (Å²) >= 11 is 0. The second-order valence-corrected chi connectivity index (χ2v) is 2.26. The summed E-state index contributed by atoms with van der Waals surface area (Å²) in [4.78, 5) is 10.1. The molecule has 0 heterocycles. The maximum Gasteiger partial charge on any atom is 0.122 e.